The second kappa shape index (κ2) is 16.9. The Bertz CT molecular complexity index is 1750. The summed E-state index contributed by atoms with van der Waals surface area (Å²) in [6.45, 7) is 6.58. The van der Waals surface area contributed by atoms with E-state index in [9.17, 15) is 14.0 Å². The van der Waals surface area contributed by atoms with Crippen molar-refractivity contribution in [1.29, 1.82) is 0 Å². The lowest BCUT2D eigenvalue weighted by Gasteiger charge is -2.27. The first-order valence-electron chi connectivity index (χ1n) is 16.4. The van der Waals surface area contributed by atoms with Crippen LogP contribution in [0.4, 0.5) is 17.6 Å². The molecule has 4 rings (SSSR count). The molecule has 2 unspecified atom stereocenters. The Morgan fingerprint density at radius 1 is 0.640 bits per heavy atom. The van der Waals surface area contributed by atoms with Crippen LogP contribution in [0.2, 0.25) is 0 Å². The summed E-state index contributed by atoms with van der Waals surface area (Å²) in [5, 5.41) is 0. The van der Waals surface area contributed by atoms with Gasteiger partial charge in [0, 0.05) is 30.8 Å². The molecule has 0 aliphatic rings. The Balaban J connectivity index is 1.59. The summed E-state index contributed by atoms with van der Waals surface area (Å²) in [6, 6.07) is 28.4. The molecule has 4 aromatic rings. The van der Waals surface area contributed by atoms with Crippen LogP contribution in [0.5, 0.6) is 0 Å². The summed E-state index contributed by atoms with van der Waals surface area (Å²) in [5.74, 6) is 0. The molecule has 0 radical (unpaired) electrons. The monoisotopic (exact) mass is 735 g/mol. The third-order valence-electron chi connectivity index (χ3n) is 8.08. The van der Waals surface area contributed by atoms with Crippen LogP contribution in [0.1, 0.15) is 61.9 Å². The zero-order valence-corrected chi connectivity index (χ0v) is 30.3. The third kappa shape index (κ3) is 9.39. The van der Waals surface area contributed by atoms with Crippen molar-refractivity contribution >= 4 is 15.2 Å². The van der Waals surface area contributed by atoms with Crippen LogP contribution in [-0.4, -0.2) is 29.1 Å². The first-order chi connectivity index (χ1) is 23.7. The highest BCUT2D eigenvalue weighted by molar-refractivity contribution is 7.54. The predicted molar refractivity (Wildman–Crippen MR) is 187 cm³/mol. The van der Waals surface area contributed by atoms with Gasteiger partial charge in [-0.1, -0.05) is 110 Å². The van der Waals surface area contributed by atoms with Gasteiger partial charge in [-0.3, -0.25) is 14.0 Å². The third-order valence-corrected chi connectivity index (χ3v) is 11.8. The fourth-order valence-electron chi connectivity index (χ4n) is 5.24. The topological polar surface area (TPSA) is 85.3 Å². The van der Waals surface area contributed by atoms with Crippen molar-refractivity contribution in [2.24, 2.45) is 0 Å². The highest BCUT2D eigenvalue weighted by Gasteiger charge is 2.55. The van der Waals surface area contributed by atoms with Gasteiger partial charge in [0.1, 0.15) is 0 Å². The van der Waals surface area contributed by atoms with E-state index in [-0.39, 0.29) is 32.7 Å². The Morgan fingerprint density at radius 2 is 1.04 bits per heavy atom. The van der Waals surface area contributed by atoms with E-state index in [1.807, 2.05) is 59.5 Å². The highest BCUT2D eigenvalue weighted by Crippen LogP contribution is 2.67. The Kier molecular flexibility index (Phi) is 13.4. The summed E-state index contributed by atoms with van der Waals surface area (Å²) >= 11 is 0. The zero-order chi connectivity index (χ0) is 36.6. The van der Waals surface area contributed by atoms with Gasteiger partial charge in [-0.15, -0.1) is 0 Å². The SMILES string of the molecule is CCOP(=O)(OCC)C(F)(F)c1ccc(CN(Cc2ccc(-c3ccccc3)cc2)Cc2ccc(C(F)(F)P(=O)(O)OC(C)CC)cc2)cc1. The largest absolute Gasteiger partial charge is 0.404 e. The molecule has 2 atom stereocenters. The van der Waals surface area contributed by atoms with Crippen LogP contribution < -0.4 is 0 Å². The van der Waals surface area contributed by atoms with Crippen LogP contribution in [0, 0.1) is 0 Å². The maximum absolute atomic E-state index is 15.4. The van der Waals surface area contributed by atoms with Crippen molar-refractivity contribution in [1.82, 2.24) is 4.90 Å². The molecule has 0 aliphatic heterocycles. The quantitative estimate of drug-likeness (QED) is 0.0804. The van der Waals surface area contributed by atoms with Crippen molar-refractivity contribution in [2.45, 2.75) is 71.2 Å². The molecule has 0 saturated carbocycles. The van der Waals surface area contributed by atoms with Crippen molar-refractivity contribution in [3.05, 3.63) is 131 Å². The standard InChI is InChI=1S/C37H43F4NO6P2/c1-5-28(4)48-49(43,44)36(38,39)34-21-15-30(16-22-34)26-42(25-29-13-19-33(20-14-29)32-11-9-8-10-12-32)27-31-17-23-35(24-18-31)37(40,41)50(45,46-6-2)47-7-3/h8-24,28H,5-7,25-27H2,1-4H3,(H,43,44). The van der Waals surface area contributed by atoms with Crippen LogP contribution in [0.25, 0.3) is 11.1 Å². The molecule has 13 heteroatoms. The van der Waals surface area contributed by atoms with Crippen LogP contribution in [0.15, 0.2) is 103 Å². The molecule has 0 bridgehead atoms. The van der Waals surface area contributed by atoms with Gasteiger partial charge in [0.05, 0.1) is 19.3 Å². The molecule has 1 N–H and O–H groups in total. The van der Waals surface area contributed by atoms with E-state index in [0.29, 0.717) is 17.7 Å². The molecule has 0 heterocycles. The fraction of sp³-hybridized carbons (Fsp3) is 0.351. The Labute approximate surface area is 291 Å². The lowest BCUT2D eigenvalue weighted by Crippen LogP contribution is -2.23. The van der Waals surface area contributed by atoms with Gasteiger partial charge in [-0.05, 0) is 55.0 Å². The maximum Gasteiger partial charge on any atom is 0.404 e. The number of hydrogen-bond acceptors (Lipinski definition) is 6. The van der Waals surface area contributed by atoms with Gasteiger partial charge in [-0.25, -0.2) is 0 Å². The summed E-state index contributed by atoms with van der Waals surface area (Å²) in [5.41, 5.74) is -4.80. The molecule has 0 saturated heterocycles. The Hall–Kier alpha value is -3.14. The molecule has 0 aliphatic carbocycles. The van der Waals surface area contributed by atoms with Crippen LogP contribution in [-0.2, 0) is 53.7 Å². The number of rotatable bonds is 18. The lowest BCUT2D eigenvalue weighted by molar-refractivity contribution is 0.0346. The van der Waals surface area contributed by atoms with E-state index in [0.717, 1.165) is 28.8 Å². The molecular formula is C37H43F4NO6P2. The van der Waals surface area contributed by atoms with E-state index < -0.39 is 43.7 Å². The fourth-order valence-corrected chi connectivity index (χ4v) is 8.03. The van der Waals surface area contributed by atoms with Gasteiger partial charge < -0.3 is 18.5 Å². The maximum atomic E-state index is 15.4. The van der Waals surface area contributed by atoms with Crippen LogP contribution >= 0.6 is 15.2 Å². The van der Waals surface area contributed by atoms with E-state index in [4.69, 9.17) is 13.6 Å². The van der Waals surface area contributed by atoms with Crippen molar-refractivity contribution in [3.63, 3.8) is 0 Å². The lowest BCUT2D eigenvalue weighted by atomic mass is 10.0. The summed E-state index contributed by atoms with van der Waals surface area (Å²) in [7, 11) is -10.1. The average Bonchev–Trinajstić information content (AvgIpc) is 3.09. The van der Waals surface area contributed by atoms with Gasteiger partial charge in [-0.2, -0.15) is 17.6 Å². The normalized spacial score (nSPS) is 14.4. The number of alkyl halides is 4. The molecule has 4 aromatic carbocycles. The van der Waals surface area contributed by atoms with Gasteiger partial charge in [0.25, 0.3) is 0 Å². The molecular weight excluding hydrogens is 692 g/mol. The molecule has 0 spiro atoms. The molecule has 0 amide bonds. The first-order valence-corrected chi connectivity index (χ1v) is 19.5. The van der Waals surface area contributed by atoms with Gasteiger partial charge >= 0.3 is 26.5 Å². The first kappa shape index (κ1) is 39.6. The summed E-state index contributed by atoms with van der Waals surface area (Å²) < 4.78 is 101. The minimum absolute atomic E-state index is 0.212. The second-order valence-corrected chi connectivity index (χ2v) is 15.7. The van der Waals surface area contributed by atoms with Gasteiger partial charge in [0.2, 0.25) is 0 Å². The van der Waals surface area contributed by atoms with Crippen molar-refractivity contribution in [3.8, 4) is 11.1 Å². The smallest absolute Gasteiger partial charge is 0.320 e. The number of hydrogen-bond donors (Lipinski definition) is 1. The summed E-state index contributed by atoms with van der Waals surface area (Å²) in [6.07, 6.45) is -0.540. The molecule has 50 heavy (non-hydrogen) atoms. The highest BCUT2D eigenvalue weighted by atomic mass is 31.2. The van der Waals surface area contributed by atoms with Gasteiger partial charge in [0.15, 0.2) is 0 Å². The second-order valence-electron chi connectivity index (χ2n) is 11.9. The average molecular weight is 736 g/mol. The number of nitrogens with zero attached hydrogens (tertiary/aromatic N) is 1. The number of halogens is 4. The van der Waals surface area contributed by atoms with E-state index in [1.54, 1.807) is 6.92 Å². The minimum Gasteiger partial charge on any atom is -0.320 e. The summed E-state index contributed by atoms with van der Waals surface area (Å²) in [4.78, 5) is 12.1. The van der Waals surface area contributed by atoms with Crippen LogP contribution in [0.3, 0.4) is 0 Å². The number of benzene rings is 4. The molecule has 270 valence electrons. The minimum atomic E-state index is -5.32. The molecule has 7 nitrogen and oxygen atoms in total. The van der Waals surface area contributed by atoms with E-state index >= 15 is 17.6 Å². The van der Waals surface area contributed by atoms with Crippen molar-refractivity contribution in [2.75, 3.05) is 13.2 Å². The molecule has 0 fully saturated rings. The zero-order valence-electron chi connectivity index (χ0n) is 28.5. The molecule has 0 aromatic heterocycles. The Morgan fingerprint density at radius 3 is 1.46 bits per heavy atom. The van der Waals surface area contributed by atoms with E-state index in [1.165, 1.54) is 57.2 Å². The van der Waals surface area contributed by atoms with Crippen molar-refractivity contribution < 1.29 is 45.2 Å². The van der Waals surface area contributed by atoms with E-state index in [2.05, 4.69) is 0 Å². The predicted octanol–water partition coefficient (Wildman–Crippen LogP) is 10.9.